The van der Waals surface area contributed by atoms with Gasteiger partial charge in [-0.25, -0.2) is 0 Å². The standard InChI is InChI=1S/C62H43N3/c1-4-17-44(18-5-1)45-31-35-51(36-32-45)64(59-30-16-20-46-19-10-11-25-54(46)59)61-42-41-53(55-26-12-13-27-56(55)61)47-33-37-50(38-34-47)63(48-21-6-2-7-22-48)52-39-40-58-57-28-14-15-29-60(57)65(62(58)43-52)49-23-8-3-9-24-49/h1-43H. The van der Waals surface area contributed by atoms with E-state index in [2.05, 4.69) is 275 Å². The van der Waals surface area contributed by atoms with Gasteiger partial charge >= 0.3 is 0 Å². The molecule has 0 saturated carbocycles. The Labute approximate surface area is 378 Å². The van der Waals surface area contributed by atoms with Crippen molar-refractivity contribution in [3.05, 3.63) is 261 Å². The predicted octanol–water partition coefficient (Wildman–Crippen LogP) is 17.4. The van der Waals surface area contributed by atoms with Crippen molar-refractivity contribution in [3.8, 4) is 27.9 Å². The summed E-state index contributed by atoms with van der Waals surface area (Å²) in [6.45, 7) is 0. The van der Waals surface area contributed by atoms with Crippen molar-refractivity contribution >= 4 is 77.5 Å². The smallest absolute Gasteiger partial charge is 0.0561 e. The molecule has 0 aliphatic carbocycles. The molecule has 0 bridgehead atoms. The van der Waals surface area contributed by atoms with Crippen molar-refractivity contribution in [2.75, 3.05) is 9.80 Å². The van der Waals surface area contributed by atoms with Gasteiger partial charge in [0, 0.05) is 50.0 Å². The second-order valence-corrected chi connectivity index (χ2v) is 16.5. The lowest BCUT2D eigenvalue weighted by atomic mass is 9.95. The van der Waals surface area contributed by atoms with Gasteiger partial charge in [0.15, 0.2) is 0 Å². The van der Waals surface area contributed by atoms with Crippen LogP contribution in [0.25, 0.3) is 71.3 Å². The third kappa shape index (κ3) is 6.78. The molecule has 0 atom stereocenters. The highest BCUT2D eigenvalue weighted by molar-refractivity contribution is 6.11. The van der Waals surface area contributed by atoms with Crippen molar-refractivity contribution in [1.29, 1.82) is 0 Å². The average Bonchev–Trinajstić information content (AvgIpc) is 3.71. The summed E-state index contributed by atoms with van der Waals surface area (Å²) >= 11 is 0. The van der Waals surface area contributed by atoms with E-state index in [1.165, 1.54) is 60.0 Å². The molecule has 12 aromatic rings. The van der Waals surface area contributed by atoms with Crippen molar-refractivity contribution in [2.24, 2.45) is 0 Å². The first-order chi connectivity index (χ1) is 32.3. The van der Waals surface area contributed by atoms with Crippen LogP contribution in [0.3, 0.4) is 0 Å². The lowest BCUT2D eigenvalue weighted by Crippen LogP contribution is -2.11. The number of fused-ring (bicyclic) bond motifs is 5. The minimum atomic E-state index is 1.09. The SMILES string of the molecule is c1ccc(-c2ccc(N(c3cccc4ccccc34)c3ccc(-c4ccc(N(c5ccccc5)c5ccc6c7ccccc7n(-c7ccccc7)c6c5)cc4)c4ccccc34)cc2)cc1. The highest BCUT2D eigenvalue weighted by Gasteiger charge is 2.21. The fraction of sp³-hybridized carbons (Fsp3) is 0. The average molecular weight is 830 g/mol. The largest absolute Gasteiger partial charge is 0.310 e. The molecule has 65 heavy (non-hydrogen) atoms. The molecular weight excluding hydrogens is 787 g/mol. The number of rotatable bonds is 9. The molecule has 0 aliphatic rings. The van der Waals surface area contributed by atoms with Crippen LogP contribution in [-0.4, -0.2) is 4.57 Å². The second-order valence-electron chi connectivity index (χ2n) is 16.5. The van der Waals surface area contributed by atoms with E-state index in [1.807, 2.05) is 0 Å². The molecule has 11 aromatic carbocycles. The number of hydrogen-bond donors (Lipinski definition) is 0. The zero-order valence-corrected chi connectivity index (χ0v) is 35.7. The molecule has 0 amide bonds. The maximum Gasteiger partial charge on any atom is 0.0561 e. The molecule has 0 saturated heterocycles. The van der Waals surface area contributed by atoms with E-state index in [-0.39, 0.29) is 0 Å². The summed E-state index contributed by atoms with van der Waals surface area (Å²) < 4.78 is 2.39. The van der Waals surface area contributed by atoms with Gasteiger partial charge in [0.1, 0.15) is 0 Å². The number of hydrogen-bond acceptors (Lipinski definition) is 2. The van der Waals surface area contributed by atoms with E-state index in [9.17, 15) is 0 Å². The Morgan fingerprint density at radius 3 is 1.52 bits per heavy atom. The quantitative estimate of drug-likeness (QED) is 0.144. The van der Waals surface area contributed by atoms with Crippen LogP contribution in [0.4, 0.5) is 34.1 Å². The van der Waals surface area contributed by atoms with Crippen molar-refractivity contribution < 1.29 is 0 Å². The van der Waals surface area contributed by atoms with E-state index >= 15 is 0 Å². The van der Waals surface area contributed by atoms with Gasteiger partial charge in [-0.2, -0.15) is 0 Å². The summed E-state index contributed by atoms with van der Waals surface area (Å²) in [5, 5.41) is 7.27. The van der Waals surface area contributed by atoms with Crippen LogP contribution in [0, 0.1) is 0 Å². The molecule has 0 fully saturated rings. The molecule has 0 N–H and O–H groups in total. The van der Waals surface area contributed by atoms with E-state index in [1.54, 1.807) is 0 Å². The van der Waals surface area contributed by atoms with Crippen LogP contribution < -0.4 is 9.80 Å². The summed E-state index contributed by atoms with van der Waals surface area (Å²) in [4.78, 5) is 4.79. The molecule has 306 valence electrons. The minimum Gasteiger partial charge on any atom is -0.310 e. The summed E-state index contributed by atoms with van der Waals surface area (Å²) in [5.41, 5.74) is 14.9. The topological polar surface area (TPSA) is 11.4 Å². The Bertz CT molecular complexity index is 3630. The second kappa shape index (κ2) is 16.2. The normalized spacial score (nSPS) is 11.4. The first kappa shape index (κ1) is 38.0. The third-order valence-electron chi connectivity index (χ3n) is 12.8. The van der Waals surface area contributed by atoms with Gasteiger partial charge < -0.3 is 14.4 Å². The fourth-order valence-corrected chi connectivity index (χ4v) is 9.74. The van der Waals surface area contributed by atoms with Gasteiger partial charge in [-0.3, -0.25) is 0 Å². The van der Waals surface area contributed by atoms with Crippen LogP contribution in [-0.2, 0) is 0 Å². The monoisotopic (exact) mass is 829 g/mol. The Morgan fingerprint density at radius 1 is 0.262 bits per heavy atom. The Morgan fingerprint density at radius 2 is 0.769 bits per heavy atom. The molecule has 12 rings (SSSR count). The molecule has 0 radical (unpaired) electrons. The molecular formula is C62H43N3. The van der Waals surface area contributed by atoms with Crippen molar-refractivity contribution in [3.63, 3.8) is 0 Å². The molecule has 3 nitrogen and oxygen atoms in total. The fourth-order valence-electron chi connectivity index (χ4n) is 9.74. The maximum atomic E-state index is 2.43. The Hall–Kier alpha value is -8.66. The number of aromatic nitrogens is 1. The number of nitrogens with zero attached hydrogens (tertiary/aromatic N) is 3. The summed E-state index contributed by atoms with van der Waals surface area (Å²) in [7, 11) is 0. The van der Waals surface area contributed by atoms with Gasteiger partial charge in [-0.1, -0.05) is 182 Å². The van der Waals surface area contributed by atoms with E-state index in [4.69, 9.17) is 0 Å². The van der Waals surface area contributed by atoms with E-state index in [0.29, 0.717) is 0 Å². The zero-order valence-electron chi connectivity index (χ0n) is 35.7. The number of benzene rings is 11. The lowest BCUT2D eigenvalue weighted by Gasteiger charge is -2.29. The Balaban J connectivity index is 0.969. The number of para-hydroxylation sites is 3. The minimum absolute atomic E-state index is 1.09. The Kier molecular flexibility index (Phi) is 9.50. The van der Waals surface area contributed by atoms with Crippen LogP contribution in [0.1, 0.15) is 0 Å². The van der Waals surface area contributed by atoms with Crippen LogP contribution in [0.15, 0.2) is 261 Å². The van der Waals surface area contributed by atoms with Gasteiger partial charge in [0.05, 0.1) is 22.4 Å². The molecule has 0 unspecified atom stereocenters. The van der Waals surface area contributed by atoms with Gasteiger partial charge in [0.2, 0.25) is 0 Å². The van der Waals surface area contributed by atoms with Crippen LogP contribution in [0.5, 0.6) is 0 Å². The first-order valence-electron chi connectivity index (χ1n) is 22.3. The van der Waals surface area contributed by atoms with Crippen LogP contribution in [0.2, 0.25) is 0 Å². The predicted molar refractivity (Wildman–Crippen MR) is 276 cm³/mol. The van der Waals surface area contributed by atoms with E-state index in [0.717, 1.165) is 45.4 Å². The molecule has 3 heteroatoms. The molecule has 0 aliphatic heterocycles. The van der Waals surface area contributed by atoms with Gasteiger partial charge in [-0.15, -0.1) is 0 Å². The van der Waals surface area contributed by atoms with Crippen LogP contribution >= 0.6 is 0 Å². The highest BCUT2D eigenvalue weighted by Crippen LogP contribution is 2.46. The van der Waals surface area contributed by atoms with Gasteiger partial charge in [0.25, 0.3) is 0 Å². The molecule has 0 spiro atoms. The maximum absolute atomic E-state index is 2.43. The lowest BCUT2D eigenvalue weighted by molar-refractivity contribution is 1.18. The van der Waals surface area contributed by atoms with E-state index < -0.39 is 0 Å². The third-order valence-corrected chi connectivity index (χ3v) is 12.8. The zero-order chi connectivity index (χ0) is 43.1. The van der Waals surface area contributed by atoms with Gasteiger partial charge in [-0.05, 0) is 112 Å². The summed E-state index contributed by atoms with van der Waals surface area (Å²) in [6, 6.07) is 94.3. The summed E-state index contributed by atoms with van der Waals surface area (Å²) in [5.74, 6) is 0. The highest BCUT2D eigenvalue weighted by atomic mass is 15.2. The molecule has 1 heterocycles. The number of anilines is 6. The molecule has 1 aromatic heterocycles. The van der Waals surface area contributed by atoms with Crippen molar-refractivity contribution in [1.82, 2.24) is 4.57 Å². The summed E-state index contributed by atoms with van der Waals surface area (Å²) in [6.07, 6.45) is 0. The first-order valence-corrected chi connectivity index (χ1v) is 22.3. The van der Waals surface area contributed by atoms with Crippen molar-refractivity contribution in [2.45, 2.75) is 0 Å².